The smallest absolute Gasteiger partial charge is 0.457 e. The maximum Gasteiger partial charge on any atom is 0.503 e. The third-order valence-corrected chi connectivity index (χ3v) is 12.7. The summed E-state index contributed by atoms with van der Waals surface area (Å²) in [5.74, 6) is 2.37. The lowest BCUT2D eigenvalue weighted by atomic mass is 9.80. The molecule has 0 saturated carbocycles. The first-order valence-electron chi connectivity index (χ1n) is 22.7. The summed E-state index contributed by atoms with van der Waals surface area (Å²) in [6, 6.07) is 64.6. The molecule has 10 rings (SSSR count). The summed E-state index contributed by atoms with van der Waals surface area (Å²) in [6.45, 7) is 20.5. The number of hydrogen-bond acceptors (Lipinski definition) is 2. The molecular formula is C60H56N4O+2. The molecule has 2 aromatic heterocycles. The number of ether oxygens (including phenoxy) is 1. The standard InChI is InChI=1S/C60H56N4O/c1-58(2,3)43-30-31-61-56(36-43)64-53-26-14-13-24-51(53)52-29-28-49(38-55(52)64)65-48-23-16-22-46(37-48)62-39-63(47-34-44(59(4,5)6)33-45(35-47)60(7,8)9)57-50(25-17-27-54(57)62)42-21-15-20-41(32-42)40-18-11-10-12-19-40/h10-38H,1-9H3/q+2. The van der Waals surface area contributed by atoms with Gasteiger partial charge in [-0.2, -0.15) is 0 Å². The molecule has 0 spiro atoms. The number of para-hydroxylation sites is 2. The van der Waals surface area contributed by atoms with Crippen LogP contribution in [0, 0.1) is 0 Å². The van der Waals surface area contributed by atoms with Crippen LogP contribution >= 0.6 is 0 Å². The number of fused-ring (bicyclic) bond motifs is 4. The van der Waals surface area contributed by atoms with E-state index in [1.807, 2.05) is 12.3 Å². The van der Waals surface area contributed by atoms with Gasteiger partial charge in [-0.05, 0) is 107 Å². The fourth-order valence-corrected chi connectivity index (χ4v) is 8.96. The molecule has 0 N–H and O–H groups in total. The van der Waals surface area contributed by atoms with Gasteiger partial charge in [-0.25, -0.2) is 4.98 Å². The highest BCUT2D eigenvalue weighted by Gasteiger charge is 2.40. The molecule has 0 atom stereocenters. The largest absolute Gasteiger partial charge is 0.503 e. The Morgan fingerprint density at radius 1 is 0.462 bits per heavy atom. The van der Waals surface area contributed by atoms with Gasteiger partial charge in [0.15, 0.2) is 0 Å². The van der Waals surface area contributed by atoms with E-state index < -0.39 is 0 Å². The second-order valence-corrected chi connectivity index (χ2v) is 20.4. The van der Waals surface area contributed by atoms with Crippen molar-refractivity contribution < 1.29 is 4.74 Å². The van der Waals surface area contributed by atoms with Crippen molar-refractivity contribution in [2.45, 2.75) is 78.6 Å². The second-order valence-electron chi connectivity index (χ2n) is 20.4. The maximum absolute atomic E-state index is 6.80. The predicted octanol–water partition coefficient (Wildman–Crippen LogP) is 16.1. The highest BCUT2D eigenvalue weighted by Crippen LogP contribution is 2.46. The number of hydrogen-bond donors (Lipinski definition) is 0. The van der Waals surface area contributed by atoms with E-state index in [1.54, 1.807) is 0 Å². The van der Waals surface area contributed by atoms with E-state index in [0.717, 1.165) is 67.6 Å². The van der Waals surface area contributed by atoms with Crippen molar-refractivity contribution in [2.75, 3.05) is 0 Å². The topological polar surface area (TPSA) is 33.1 Å². The van der Waals surface area contributed by atoms with Gasteiger partial charge in [0.25, 0.3) is 5.69 Å². The Morgan fingerprint density at radius 2 is 1.11 bits per heavy atom. The third kappa shape index (κ3) is 7.87. The van der Waals surface area contributed by atoms with Gasteiger partial charge in [-0.1, -0.05) is 147 Å². The molecule has 65 heavy (non-hydrogen) atoms. The van der Waals surface area contributed by atoms with Gasteiger partial charge in [0.05, 0.1) is 22.7 Å². The summed E-state index contributed by atoms with van der Waals surface area (Å²) < 4.78 is 13.5. The second kappa shape index (κ2) is 15.7. The van der Waals surface area contributed by atoms with Crippen LogP contribution in [0.15, 0.2) is 176 Å². The SMILES string of the molecule is CC(C)(C)c1cc([N+]2=C=[N+](c3cccc(Oc4ccc5c6ccccc6n(-c6cc(C(C)(C)C)ccn6)c5c4)c3)c3cccc(-c4cccc(-c5ccccc5)c4)c32)cc(C(C)(C)C)c1. The third-order valence-electron chi connectivity index (χ3n) is 12.7. The van der Waals surface area contributed by atoms with Crippen LogP contribution < -0.4 is 13.9 Å². The van der Waals surface area contributed by atoms with Gasteiger partial charge in [-0.15, -0.1) is 0 Å². The van der Waals surface area contributed by atoms with Crippen LogP contribution in [0.1, 0.15) is 79.0 Å². The summed E-state index contributed by atoms with van der Waals surface area (Å²) in [5.41, 5.74) is 14.6. The molecule has 5 nitrogen and oxygen atoms in total. The zero-order valence-corrected chi connectivity index (χ0v) is 38.9. The van der Waals surface area contributed by atoms with Crippen molar-refractivity contribution >= 4 is 50.6 Å². The summed E-state index contributed by atoms with van der Waals surface area (Å²) >= 11 is 0. The molecule has 9 aromatic rings. The van der Waals surface area contributed by atoms with E-state index in [2.05, 4.69) is 246 Å². The van der Waals surface area contributed by atoms with Crippen LogP contribution in [0.4, 0.5) is 22.7 Å². The van der Waals surface area contributed by atoms with Crippen LogP contribution in [0.5, 0.6) is 11.5 Å². The fraction of sp³-hybridized carbons (Fsp3) is 0.200. The zero-order valence-electron chi connectivity index (χ0n) is 38.9. The Hall–Kier alpha value is -7.33. The molecule has 0 unspecified atom stereocenters. The molecule has 7 aromatic carbocycles. The lowest BCUT2D eigenvalue weighted by molar-refractivity contribution is 0.483. The van der Waals surface area contributed by atoms with Crippen LogP contribution in [0.3, 0.4) is 0 Å². The molecule has 0 amide bonds. The highest BCUT2D eigenvalue weighted by molar-refractivity contribution is 6.09. The normalized spacial score (nSPS) is 12.9. The minimum atomic E-state index is -0.0577. The molecule has 0 fully saturated rings. The number of rotatable bonds is 7. The van der Waals surface area contributed by atoms with Gasteiger partial charge in [-0.3, -0.25) is 4.57 Å². The number of pyridine rings is 1. The van der Waals surface area contributed by atoms with E-state index >= 15 is 0 Å². The highest BCUT2D eigenvalue weighted by atomic mass is 16.5. The summed E-state index contributed by atoms with van der Waals surface area (Å²) in [5, 5.41) is 2.33. The van der Waals surface area contributed by atoms with E-state index in [1.165, 1.54) is 33.2 Å². The first kappa shape index (κ1) is 41.7. The Kier molecular flexibility index (Phi) is 10.1. The molecule has 0 bridgehead atoms. The number of aromatic nitrogens is 2. The minimum Gasteiger partial charge on any atom is -0.457 e. The van der Waals surface area contributed by atoms with Crippen LogP contribution in [0.25, 0.3) is 49.9 Å². The van der Waals surface area contributed by atoms with Crippen LogP contribution in [0.2, 0.25) is 0 Å². The predicted molar refractivity (Wildman–Crippen MR) is 273 cm³/mol. The van der Waals surface area contributed by atoms with Crippen LogP contribution in [-0.2, 0) is 16.2 Å². The van der Waals surface area contributed by atoms with E-state index in [-0.39, 0.29) is 16.2 Å². The van der Waals surface area contributed by atoms with Crippen molar-refractivity contribution in [3.05, 3.63) is 193 Å². The Balaban J connectivity index is 1.11. The Morgan fingerprint density at radius 3 is 1.86 bits per heavy atom. The summed E-state index contributed by atoms with van der Waals surface area (Å²) in [4.78, 5) is 4.89. The van der Waals surface area contributed by atoms with E-state index in [9.17, 15) is 0 Å². The Bertz CT molecular complexity index is 3350. The molecule has 0 saturated heterocycles. The Labute approximate surface area is 383 Å². The molecule has 1 aliphatic rings. The van der Waals surface area contributed by atoms with E-state index in [4.69, 9.17) is 9.72 Å². The lowest BCUT2D eigenvalue weighted by Gasteiger charge is -2.24. The molecule has 5 heteroatoms. The molecule has 0 aliphatic carbocycles. The van der Waals surface area contributed by atoms with Gasteiger partial charge in [0.2, 0.25) is 11.4 Å². The lowest BCUT2D eigenvalue weighted by Crippen LogP contribution is -2.17. The molecule has 1 aliphatic heterocycles. The van der Waals surface area contributed by atoms with Crippen molar-refractivity contribution in [3.63, 3.8) is 0 Å². The minimum absolute atomic E-state index is 0.0156. The number of nitrogens with zero attached hydrogens (tertiary/aromatic N) is 4. The average molecular weight is 849 g/mol. The first-order valence-corrected chi connectivity index (χ1v) is 22.7. The first-order chi connectivity index (χ1) is 31.1. The van der Waals surface area contributed by atoms with E-state index in [0.29, 0.717) is 0 Å². The average Bonchev–Trinajstić information content (AvgIpc) is 3.85. The van der Waals surface area contributed by atoms with Crippen molar-refractivity contribution in [1.29, 1.82) is 0 Å². The van der Waals surface area contributed by atoms with Gasteiger partial charge in [0.1, 0.15) is 17.3 Å². The van der Waals surface area contributed by atoms with Gasteiger partial charge >= 0.3 is 11.7 Å². The molecule has 0 radical (unpaired) electrons. The maximum atomic E-state index is 6.80. The molecule has 320 valence electrons. The quantitative estimate of drug-likeness (QED) is 0.150. The monoisotopic (exact) mass is 848 g/mol. The summed E-state index contributed by atoms with van der Waals surface area (Å²) in [6.07, 6.45) is 1.92. The van der Waals surface area contributed by atoms with Crippen molar-refractivity contribution in [1.82, 2.24) is 18.7 Å². The summed E-state index contributed by atoms with van der Waals surface area (Å²) in [7, 11) is 0. The van der Waals surface area contributed by atoms with Crippen molar-refractivity contribution in [2.24, 2.45) is 0 Å². The van der Waals surface area contributed by atoms with Gasteiger partial charge in [0, 0.05) is 47.3 Å². The molecule has 3 heterocycles. The fourth-order valence-electron chi connectivity index (χ4n) is 8.96. The number of benzene rings is 7. The van der Waals surface area contributed by atoms with Gasteiger partial charge < -0.3 is 4.74 Å². The molecular weight excluding hydrogens is 793 g/mol. The zero-order chi connectivity index (χ0) is 45.3. The van der Waals surface area contributed by atoms with Crippen LogP contribution in [-0.4, -0.2) is 15.6 Å². The van der Waals surface area contributed by atoms with Crippen molar-refractivity contribution in [3.8, 4) is 39.6 Å².